The molecule has 3 N–H and O–H groups in total. The maximum Gasteiger partial charge on any atom is 0.258 e. The molecule has 0 atom stereocenters. The van der Waals surface area contributed by atoms with E-state index in [0.717, 1.165) is 0 Å². The molecule has 5 heteroatoms. The summed E-state index contributed by atoms with van der Waals surface area (Å²) in [5.41, 5.74) is 6.40. The molecule has 0 heterocycles. The first kappa shape index (κ1) is 12.6. The molecule has 0 fully saturated rings. The number of halogens is 1. The Morgan fingerprint density at radius 1 is 1.26 bits per heavy atom. The van der Waals surface area contributed by atoms with Crippen molar-refractivity contribution in [1.82, 2.24) is 0 Å². The average Bonchev–Trinajstić information content (AvgIpc) is 2.41. The summed E-state index contributed by atoms with van der Waals surface area (Å²) in [5.74, 6) is -1.23. The van der Waals surface area contributed by atoms with Crippen molar-refractivity contribution >= 4 is 17.3 Å². The number of hydrogen-bond donors (Lipinski definition) is 2. The second kappa shape index (κ2) is 5.19. The lowest BCUT2D eigenvalue weighted by Gasteiger charge is -2.08. The van der Waals surface area contributed by atoms with Crippen LogP contribution in [0.15, 0.2) is 42.5 Å². The van der Waals surface area contributed by atoms with Crippen LogP contribution in [0.1, 0.15) is 15.9 Å². The number of amides is 1. The fraction of sp³-hybridized carbons (Fsp3) is 0. The number of nitrogens with zero attached hydrogens (tertiary/aromatic N) is 1. The van der Waals surface area contributed by atoms with E-state index in [1.807, 2.05) is 6.07 Å². The van der Waals surface area contributed by atoms with Gasteiger partial charge in [0, 0.05) is 5.69 Å². The third kappa shape index (κ3) is 2.69. The third-order valence-electron chi connectivity index (χ3n) is 2.53. The van der Waals surface area contributed by atoms with Gasteiger partial charge < -0.3 is 11.1 Å². The lowest BCUT2D eigenvalue weighted by Crippen LogP contribution is -2.14. The lowest BCUT2D eigenvalue weighted by atomic mass is 10.1. The number of hydrogen-bond acceptors (Lipinski definition) is 3. The fourth-order valence-corrected chi connectivity index (χ4v) is 1.60. The molecule has 4 nitrogen and oxygen atoms in total. The quantitative estimate of drug-likeness (QED) is 0.809. The van der Waals surface area contributed by atoms with Gasteiger partial charge in [-0.3, -0.25) is 4.79 Å². The zero-order valence-corrected chi connectivity index (χ0v) is 9.85. The molecule has 0 aromatic heterocycles. The Morgan fingerprint density at radius 3 is 2.68 bits per heavy atom. The van der Waals surface area contributed by atoms with Crippen molar-refractivity contribution in [3.63, 3.8) is 0 Å². The molecule has 94 valence electrons. The molecule has 0 aliphatic carbocycles. The first-order valence-corrected chi connectivity index (χ1v) is 5.47. The van der Waals surface area contributed by atoms with Crippen LogP contribution in [0.4, 0.5) is 15.8 Å². The van der Waals surface area contributed by atoms with Gasteiger partial charge in [-0.05, 0) is 30.3 Å². The number of rotatable bonds is 2. The second-order valence-corrected chi connectivity index (χ2v) is 3.85. The summed E-state index contributed by atoms with van der Waals surface area (Å²) < 4.78 is 13.4. The van der Waals surface area contributed by atoms with E-state index in [1.54, 1.807) is 12.1 Å². The van der Waals surface area contributed by atoms with Gasteiger partial charge in [-0.15, -0.1) is 0 Å². The van der Waals surface area contributed by atoms with Gasteiger partial charge in [-0.2, -0.15) is 5.26 Å². The van der Waals surface area contributed by atoms with Gasteiger partial charge >= 0.3 is 0 Å². The average molecular weight is 255 g/mol. The number of nitrogens with one attached hydrogen (secondary N) is 1. The third-order valence-corrected chi connectivity index (χ3v) is 2.53. The van der Waals surface area contributed by atoms with E-state index in [9.17, 15) is 9.18 Å². The molecular weight excluding hydrogens is 245 g/mol. The molecular formula is C14H10FN3O. The van der Waals surface area contributed by atoms with E-state index in [-0.39, 0.29) is 11.1 Å². The van der Waals surface area contributed by atoms with Crippen LogP contribution in [0.25, 0.3) is 0 Å². The van der Waals surface area contributed by atoms with Crippen molar-refractivity contribution in [3.05, 3.63) is 59.4 Å². The molecule has 0 saturated heterocycles. The van der Waals surface area contributed by atoms with E-state index in [2.05, 4.69) is 5.32 Å². The van der Waals surface area contributed by atoms with Gasteiger partial charge in [-0.25, -0.2) is 4.39 Å². The summed E-state index contributed by atoms with van der Waals surface area (Å²) in [4.78, 5) is 11.9. The van der Waals surface area contributed by atoms with Crippen LogP contribution in [0.5, 0.6) is 0 Å². The molecule has 0 unspecified atom stereocenters. The second-order valence-electron chi connectivity index (χ2n) is 3.85. The minimum Gasteiger partial charge on any atom is -0.399 e. The Labute approximate surface area is 109 Å². The van der Waals surface area contributed by atoms with Crippen LogP contribution < -0.4 is 11.1 Å². The van der Waals surface area contributed by atoms with Gasteiger partial charge in [-0.1, -0.05) is 12.1 Å². The number of anilines is 2. The standard InChI is InChI=1S/C14H10FN3O/c15-12-4-2-1-3-11(12)14(19)18-13-6-5-10(17)7-9(13)8-16/h1-7H,17H2,(H,18,19). The van der Waals surface area contributed by atoms with Gasteiger partial charge in [0.1, 0.15) is 11.9 Å². The predicted molar refractivity (Wildman–Crippen MR) is 69.9 cm³/mol. The highest BCUT2D eigenvalue weighted by Crippen LogP contribution is 2.19. The van der Waals surface area contributed by atoms with Gasteiger partial charge in [0.05, 0.1) is 16.8 Å². The molecule has 0 aliphatic rings. The minimum absolute atomic E-state index is 0.0804. The summed E-state index contributed by atoms with van der Waals surface area (Å²) in [6.07, 6.45) is 0. The molecule has 2 aromatic rings. The SMILES string of the molecule is N#Cc1cc(N)ccc1NC(=O)c1ccccc1F. The first-order valence-electron chi connectivity index (χ1n) is 5.47. The van der Waals surface area contributed by atoms with Crippen LogP contribution in [-0.4, -0.2) is 5.91 Å². The van der Waals surface area contributed by atoms with Crippen molar-refractivity contribution in [3.8, 4) is 6.07 Å². The van der Waals surface area contributed by atoms with Gasteiger partial charge in [0.15, 0.2) is 0 Å². The summed E-state index contributed by atoms with van der Waals surface area (Å²) >= 11 is 0. The molecule has 1 amide bonds. The number of nitriles is 1. The van der Waals surface area contributed by atoms with Crippen molar-refractivity contribution in [2.24, 2.45) is 0 Å². The minimum atomic E-state index is -0.617. The van der Waals surface area contributed by atoms with Crippen LogP contribution in [0.3, 0.4) is 0 Å². The van der Waals surface area contributed by atoms with E-state index < -0.39 is 11.7 Å². The van der Waals surface area contributed by atoms with E-state index in [4.69, 9.17) is 11.0 Å². The summed E-state index contributed by atoms with van der Waals surface area (Å²) in [5, 5.41) is 11.4. The highest BCUT2D eigenvalue weighted by Gasteiger charge is 2.12. The molecule has 0 spiro atoms. The molecule has 19 heavy (non-hydrogen) atoms. The van der Waals surface area contributed by atoms with Crippen molar-refractivity contribution in [2.75, 3.05) is 11.1 Å². The Kier molecular flexibility index (Phi) is 3.44. The Morgan fingerprint density at radius 2 is 2.00 bits per heavy atom. The van der Waals surface area contributed by atoms with Crippen molar-refractivity contribution in [2.45, 2.75) is 0 Å². The molecule has 0 saturated carbocycles. The Hall–Kier alpha value is -2.87. The molecule has 0 bridgehead atoms. The molecule has 0 aliphatic heterocycles. The highest BCUT2D eigenvalue weighted by atomic mass is 19.1. The van der Waals surface area contributed by atoms with Gasteiger partial charge in [0.25, 0.3) is 5.91 Å². The fourth-order valence-electron chi connectivity index (χ4n) is 1.60. The van der Waals surface area contributed by atoms with Crippen molar-refractivity contribution in [1.29, 1.82) is 5.26 Å². The zero-order valence-electron chi connectivity index (χ0n) is 9.85. The van der Waals surface area contributed by atoms with E-state index in [0.29, 0.717) is 11.4 Å². The monoisotopic (exact) mass is 255 g/mol. The van der Waals surface area contributed by atoms with E-state index >= 15 is 0 Å². The van der Waals surface area contributed by atoms with Crippen LogP contribution in [0.2, 0.25) is 0 Å². The molecule has 2 rings (SSSR count). The predicted octanol–water partition coefficient (Wildman–Crippen LogP) is 2.53. The smallest absolute Gasteiger partial charge is 0.258 e. The Bertz CT molecular complexity index is 677. The van der Waals surface area contributed by atoms with Crippen LogP contribution in [-0.2, 0) is 0 Å². The van der Waals surface area contributed by atoms with E-state index in [1.165, 1.54) is 30.3 Å². The number of carbonyl (C=O) groups is 1. The normalized spacial score (nSPS) is 9.68. The van der Waals surface area contributed by atoms with Crippen molar-refractivity contribution < 1.29 is 9.18 Å². The number of nitrogen functional groups attached to an aromatic ring is 1. The maximum absolute atomic E-state index is 13.4. The summed E-state index contributed by atoms with van der Waals surface area (Å²) in [7, 11) is 0. The number of nitrogens with two attached hydrogens (primary N) is 1. The lowest BCUT2D eigenvalue weighted by molar-refractivity contribution is 0.102. The van der Waals surface area contributed by atoms with Gasteiger partial charge in [0.2, 0.25) is 0 Å². The highest BCUT2D eigenvalue weighted by molar-refractivity contribution is 6.05. The largest absolute Gasteiger partial charge is 0.399 e. The molecule has 2 aromatic carbocycles. The summed E-state index contributed by atoms with van der Waals surface area (Å²) in [6, 6.07) is 12.0. The summed E-state index contributed by atoms with van der Waals surface area (Å²) in [6.45, 7) is 0. The van der Waals surface area contributed by atoms with Crippen LogP contribution >= 0.6 is 0 Å². The number of benzene rings is 2. The zero-order chi connectivity index (χ0) is 13.8. The topological polar surface area (TPSA) is 78.9 Å². The van der Waals surface area contributed by atoms with Crippen LogP contribution in [0, 0.1) is 17.1 Å². The molecule has 0 radical (unpaired) electrons. The maximum atomic E-state index is 13.4. The first-order chi connectivity index (χ1) is 9.11. The Balaban J connectivity index is 2.30. The number of carbonyl (C=O) groups excluding carboxylic acids is 1.